The van der Waals surface area contributed by atoms with Gasteiger partial charge in [-0.05, 0) is 72.4 Å². The normalized spacial score (nSPS) is 18.5. The summed E-state index contributed by atoms with van der Waals surface area (Å²) in [5.74, 6) is 3.15. The third-order valence-corrected chi connectivity index (χ3v) is 7.27. The van der Waals surface area contributed by atoms with Crippen molar-refractivity contribution in [3.63, 3.8) is 0 Å². The molecule has 0 saturated heterocycles. The molecule has 6 rings (SSSR count). The Morgan fingerprint density at radius 3 is 2.68 bits per heavy atom. The molecule has 1 aliphatic heterocycles. The number of anilines is 2. The topological polar surface area (TPSA) is 19.0 Å². The lowest BCUT2D eigenvalue weighted by atomic mass is 9.86. The highest BCUT2D eigenvalue weighted by molar-refractivity contribution is 5.85. The fourth-order valence-electron chi connectivity index (χ4n) is 5.71. The second-order valence-corrected chi connectivity index (χ2v) is 9.37. The van der Waals surface area contributed by atoms with Gasteiger partial charge in [-0.15, -0.1) is 12.3 Å². The summed E-state index contributed by atoms with van der Waals surface area (Å²) < 4.78 is 0. The number of hydrogen-bond donors (Lipinski definition) is 1. The summed E-state index contributed by atoms with van der Waals surface area (Å²) in [5, 5.41) is 1.31. The Morgan fingerprint density at radius 2 is 1.82 bits per heavy atom. The molecular weight excluding hydrogens is 412 g/mol. The maximum absolute atomic E-state index is 5.54. The average molecular weight is 441 g/mol. The molecule has 0 saturated carbocycles. The number of allylic oxidation sites excluding steroid dienone is 2. The molecule has 0 bridgehead atoms. The van der Waals surface area contributed by atoms with Crippen molar-refractivity contribution in [2.45, 2.75) is 38.1 Å². The number of rotatable bonds is 5. The SMILES string of the molecule is C#CCCc1c(C)[nH]c2ccc(CC3=CC4c5ccccc5N(c5ccccc5)C4C=C3)cc12. The van der Waals surface area contributed by atoms with E-state index in [1.165, 1.54) is 50.2 Å². The van der Waals surface area contributed by atoms with Crippen molar-refractivity contribution in [3.05, 3.63) is 119 Å². The first-order valence-electron chi connectivity index (χ1n) is 12.1. The predicted octanol–water partition coefficient (Wildman–Crippen LogP) is 7.38. The number of para-hydroxylation sites is 2. The molecule has 1 aromatic heterocycles. The van der Waals surface area contributed by atoms with E-state index in [0.29, 0.717) is 12.0 Å². The number of nitrogens with zero attached hydrogens (tertiary/aromatic N) is 1. The molecule has 3 aromatic carbocycles. The van der Waals surface area contributed by atoms with E-state index in [1.54, 1.807) is 0 Å². The zero-order chi connectivity index (χ0) is 23.1. The first kappa shape index (κ1) is 20.6. The molecule has 0 fully saturated rings. The average Bonchev–Trinajstić information content (AvgIpc) is 3.36. The number of terminal acetylenes is 1. The molecule has 2 atom stereocenters. The van der Waals surface area contributed by atoms with E-state index in [9.17, 15) is 0 Å². The minimum Gasteiger partial charge on any atom is -0.358 e. The summed E-state index contributed by atoms with van der Waals surface area (Å²) in [6.45, 7) is 2.15. The van der Waals surface area contributed by atoms with Gasteiger partial charge in [-0.1, -0.05) is 60.7 Å². The molecular formula is C32H28N2. The van der Waals surface area contributed by atoms with Crippen molar-refractivity contribution in [1.82, 2.24) is 4.98 Å². The minimum absolute atomic E-state index is 0.314. The van der Waals surface area contributed by atoms with Gasteiger partial charge in [0.15, 0.2) is 0 Å². The van der Waals surface area contributed by atoms with Crippen LogP contribution in [-0.2, 0) is 12.8 Å². The van der Waals surface area contributed by atoms with Gasteiger partial charge in [-0.3, -0.25) is 0 Å². The van der Waals surface area contributed by atoms with Gasteiger partial charge in [-0.25, -0.2) is 0 Å². The van der Waals surface area contributed by atoms with Gasteiger partial charge in [0.2, 0.25) is 0 Å². The van der Waals surface area contributed by atoms with Crippen molar-refractivity contribution < 1.29 is 0 Å². The van der Waals surface area contributed by atoms with Crippen molar-refractivity contribution in [3.8, 4) is 12.3 Å². The molecule has 1 N–H and O–H groups in total. The summed E-state index contributed by atoms with van der Waals surface area (Å²) in [7, 11) is 0. The Bertz CT molecular complexity index is 1460. The third kappa shape index (κ3) is 3.45. The lowest BCUT2D eigenvalue weighted by molar-refractivity contribution is 0.735. The van der Waals surface area contributed by atoms with E-state index < -0.39 is 0 Å². The number of hydrogen-bond acceptors (Lipinski definition) is 1. The van der Waals surface area contributed by atoms with Gasteiger partial charge < -0.3 is 9.88 Å². The highest BCUT2D eigenvalue weighted by Crippen LogP contribution is 2.48. The van der Waals surface area contributed by atoms with Gasteiger partial charge in [-0.2, -0.15) is 0 Å². The summed E-state index contributed by atoms with van der Waals surface area (Å²) in [6, 6.07) is 26.7. The van der Waals surface area contributed by atoms with Gasteiger partial charge in [0.1, 0.15) is 0 Å². The maximum Gasteiger partial charge on any atom is 0.0629 e. The van der Waals surface area contributed by atoms with Crippen molar-refractivity contribution in [2.75, 3.05) is 4.90 Å². The predicted molar refractivity (Wildman–Crippen MR) is 143 cm³/mol. The zero-order valence-electron chi connectivity index (χ0n) is 19.5. The molecule has 0 amide bonds. The number of benzene rings is 3. The summed E-state index contributed by atoms with van der Waals surface area (Å²) in [6.07, 6.45) is 15.4. The Morgan fingerprint density at radius 1 is 1.00 bits per heavy atom. The van der Waals surface area contributed by atoms with E-state index in [2.05, 4.69) is 114 Å². The molecule has 1 aliphatic carbocycles. The highest BCUT2D eigenvalue weighted by Gasteiger charge is 2.37. The molecule has 4 aromatic rings. The van der Waals surface area contributed by atoms with E-state index in [0.717, 1.165) is 19.3 Å². The lowest BCUT2D eigenvalue weighted by Crippen LogP contribution is -2.29. The first-order valence-corrected chi connectivity index (χ1v) is 12.1. The van der Waals surface area contributed by atoms with Crippen LogP contribution in [0.2, 0.25) is 0 Å². The number of aromatic nitrogens is 1. The van der Waals surface area contributed by atoms with Crippen LogP contribution in [-0.4, -0.2) is 11.0 Å². The van der Waals surface area contributed by atoms with Crippen LogP contribution in [0.1, 0.15) is 34.7 Å². The number of nitrogens with one attached hydrogen (secondary N) is 1. The molecule has 2 heteroatoms. The first-order chi connectivity index (χ1) is 16.7. The number of aromatic amines is 1. The molecule has 2 heterocycles. The van der Waals surface area contributed by atoms with Crippen LogP contribution >= 0.6 is 0 Å². The van der Waals surface area contributed by atoms with Crippen molar-refractivity contribution >= 4 is 22.3 Å². The minimum atomic E-state index is 0.314. The molecule has 0 radical (unpaired) electrons. The molecule has 2 unspecified atom stereocenters. The van der Waals surface area contributed by atoms with Crippen LogP contribution in [0.25, 0.3) is 10.9 Å². The Labute approximate surface area is 201 Å². The van der Waals surface area contributed by atoms with Crippen LogP contribution in [0.15, 0.2) is 96.6 Å². The largest absolute Gasteiger partial charge is 0.358 e. The second-order valence-electron chi connectivity index (χ2n) is 9.37. The summed E-state index contributed by atoms with van der Waals surface area (Å²) in [4.78, 5) is 6.01. The van der Waals surface area contributed by atoms with Gasteiger partial charge in [0, 0.05) is 40.3 Å². The van der Waals surface area contributed by atoms with Crippen molar-refractivity contribution in [2.24, 2.45) is 0 Å². The fraction of sp³-hybridized carbons (Fsp3) is 0.188. The molecule has 34 heavy (non-hydrogen) atoms. The quantitative estimate of drug-likeness (QED) is 0.321. The molecule has 166 valence electrons. The van der Waals surface area contributed by atoms with E-state index in [-0.39, 0.29) is 0 Å². The highest BCUT2D eigenvalue weighted by atomic mass is 15.2. The van der Waals surface area contributed by atoms with Gasteiger partial charge in [0.25, 0.3) is 0 Å². The van der Waals surface area contributed by atoms with Crippen LogP contribution in [0.5, 0.6) is 0 Å². The number of fused-ring (bicyclic) bond motifs is 4. The molecule has 2 aliphatic rings. The van der Waals surface area contributed by atoms with Gasteiger partial charge >= 0.3 is 0 Å². The summed E-state index contributed by atoms with van der Waals surface area (Å²) in [5.41, 5.74) is 10.5. The summed E-state index contributed by atoms with van der Waals surface area (Å²) >= 11 is 0. The molecule has 0 spiro atoms. The fourth-order valence-corrected chi connectivity index (χ4v) is 5.71. The monoisotopic (exact) mass is 440 g/mol. The van der Waals surface area contributed by atoms with E-state index >= 15 is 0 Å². The van der Waals surface area contributed by atoms with E-state index in [1.807, 2.05) is 0 Å². The van der Waals surface area contributed by atoms with Crippen LogP contribution in [0.4, 0.5) is 11.4 Å². The number of aryl methyl sites for hydroxylation is 2. The van der Waals surface area contributed by atoms with Gasteiger partial charge in [0.05, 0.1) is 6.04 Å². The maximum atomic E-state index is 5.54. The number of H-pyrrole nitrogens is 1. The van der Waals surface area contributed by atoms with Crippen molar-refractivity contribution in [1.29, 1.82) is 0 Å². The Balaban J connectivity index is 1.32. The smallest absolute Gasteiger partial charge is 0.0629 e. The van der Waals surface area contributed by atoms with Crippen LogP contribution in [0, 0.1) is 19.3 Å². The lowest BCUT2D eigenvalue weighted by Gasteiger charge is -2.29. The Hall–Kier alpha value is -3.96. The zero-order valence-corrected chi connectivity index (χ0v) is 19.5. The van der Waals surface area contributed by atoms with Crippen LogP contribution in [0.3, 0.4) is 0 Å². The molecule has 2 nitrogen and oxygen atoms in total. The second kappa shape index (κ2) is 8.43. The van der Waals surface area contributed by atoms with Crippen LogP contribution < -0.4 is 4.90 Å². The van der Waals surface area contributed by atoms with E-state index in [4.69, 9.17) is 6.42 Å². The Kier molecular flexibility index (Phi) is 5.12. The third-order valence-electron chi connectivity index (χ3n) is 7.27. The standard InChI is InChI=1S/C32H28N2/c1-3-4-12-26-22(2)33-30-17-15-23(20-28(26)30)19-24-16-18-32-29(21-24)27-13-8-9-14-31(27)34(32)25-10-6-5-7-11-25/h1,5-11,13-18,20-21,29,32-33H,4,12,19H2,2H3.